The van der Waals surface area contributed by atoms with E-state index in [1.807, 2.05) is 0 Å². The Kier molecular flexibility index (Phi) is 4.99. The van der Waals surface area contributed by atoms with E-state index in [-0.39, 0.29) is 11.3 Å². The van der Waals surface area contributed by atoms with Crippen LogP contribution < -0.4 is 4.90 Å². The van der Waals surface area contributed by atoms with Crippen LogP contribution in [0.1, 0.15) is 11.1 Å². The molecule has 2 nitrogen and oxygen atoms in total. The maximum Gasteiger partial charge on any atom is 0.425 e. The van der Waals surface area contributed by atoms with Crippen molar-refractivity contribution in [3.8, 4) is 0 Å². The van der Waals surface area contributed by atoms with Crippen molar-refractivity contribution in [2.24, 2.45) is 0 Å². The van der Waals surface area contributed by atoms with Gasteiger partial charge in [0.15, 0.2) is 0 Å². The number of para-hydroxylation sites is 1. The van der Waals surface area contributed by atoms with Gasteiger partial charge in [-0.15, -0.1) is 0 Å². The van der Waals surface area contributed by atoms with Gasteiger partial charge in [-0.25, -0.2) is 4.39 Å². The van der Waals surface area contributed by atoms with Crippen LogP contribution in [0.5, 0.6) is 0 Å². The highest BCUT2D eigenvalue weighted by Gasteiger charge is 2.54. The summed E-state index contributed by atoms with van der Waals surface area (Å²) in [5.74, 6) is -0.490. The van der Waals surface area contributed by atoms with E-state index in [4.69, 9.17) is 0 Å². The fourth-order valence-corrected chi connectivity index (χ4v) is 2.31. The van der Waals surface area contributed by atoms with E-state index in [1.54, 1.807) is 20.2 Å². The van der Waals surface area contributed by atoms with Gasteiger partial charge in [0.25, 0.3) is 0 Å². The summed E-state index contributed by atoms with van der Waals surface area (Å²) in [6, 6.07) is 10.7. The number of hydrogen-bond donors (Lipinski definition) is 1. The molecule has 0 aliphatic rings. The second-order valence-electron chi connectivity index (χ2n) is 5.56. The smallest absolute Gasteiger partial charge is 0.377 e. The van der Waals surface area contributed by atoms with Crippen molar-refractivity contribution in [2.75, 3.05) is 19.0 Å². The molecule has 0 bridgehead atoms. The third-order valence-electron chi connectivity index (χ3n) is 3.62. The zero-order chi connectivity index (χ0) is 18.0. The van der Waals surface area contributed by atoms with Gasteiger partial charge in [0, 0.05) is 25.3 Å². The first kappa shape index (κ1) is 18.0. The summed E-state index contributed by atoms with van der Waals surface area (Å²) in [5.41, 5.74) is -2.84. The molecule has 0 heterocycles. The lowest BCUT2D eigenvalue weighted by Gasteiger charge is -2.31. The lowest BCUT2D eigenvalue weighted by molar-refractivity contribution is -0.244. The average Bonchev–Trinajstić information content (AvgIpc) is 2.53. The molecule has 1 unspecified atom stereocenters. The molecule has 24 heavy (non-hydrogen) atoms. The molecule has 2 rings (SSSR count). The standard InChI is InChI=1S/C18H17F4NO/c1-23(2)16-6-4-3-5-15(16)17(24,18(20,21)22)12-11-13-7-9-14(19)10-8-13/h3-12,24H,1-2H3. The largest absolute Gasteiger partial charge is 0.425 e. The Balaban J connectivity index is 2.54. The highest BCUT2D eigenvalue weighted by molar-refractivity contribution is 5.60. The molecule has 0 amide bonds. The number of benzene rings is 2. The Bertz CT molecular complexity index is 723. The Hall–Kier alpha value is -2.34. The molecule has 0 aliphatic heterocycles. The van der Waals surface area contributed by atoms with E-state index in [1.165, 1.54) is 35.2 Å². The van der Waals surface area contributed by atoms with Crippen LogP contribution in [0.2, 0.25) is 0 Å². The molecular formula is C18H17F4NO. The summed E-state index contributed by atoms with van der Waals surface area (Å²) in [5, 5.41) is 10.5. The predicted octanol–water partition coefficient (Wildman–Crippen LogP) is 4.36. The van der Waals surface area contributed by atoms with E-state index in [0.29, 0.717) is 11.6 Å². The minimum atomic E-state index is -4.92. The molecule has 0 fully saturated rings. The van der Waals surface area contributed by atoms with Gasteiger partial charge in [0.1, 0.15) is 5.82 Å². The summed E-state index contributed by atoms with van der Waals surface area (Å²) in [6.07, 6.45) is -3.11. The van der Waals surface area contributed by atoms with Crippen molar-refractivity contribution in [3.05, 3.63) is 71.6 Å². The van der Waals surface area contributed by atoms with Crippen molar-refractivity contribution in [1.29, 1.82) is 0 Å². The van der Waals surface area contributed by atoms with Crippen molar-refractivity contribution in [1.82, 2.24) is 0 Å². The molecule has 0 radical (unpaired) electrons. The number of aliphatic hydroxyl groups is 1. The molecule has 2 aromatic carbocycles. The molecule has 1 atom stereocenters. The van der Waals surface area contributed by atoms with Gasteiger partial charge < -0.3 is 10.0 Å². The van der Waals surface area contributed by atoms with Crippen molar-refractivity contribution in [2.45, 2.75) is 11.8 Å². The average molecular weight is 339 g/mol. The number of anilines is 1. The summed E-state index contributed by atoms with van der Waals surface area (Å²) < 4.78 is 53.8. The zero-order valence-corrected chi connectivity index (χ0v) is 13.2. The van der Waals surface area contributed by atoms with Crippen LogP contribution in [0.3, 0.4) is 0 Å². The number of halogens is 4. The maximum absolute atomic E-state index is 13.6. The highest BCUT2D eigenvalue weighted by atomic mass is 19.4. The molecule has 6 heteroatoms. The van der Waals surface area contributed by atoms with E-state index >= 15 is 0 Å². The second kappa shape index (κ2) is 6.65. The first-order valence-corrected chi connectivity index (χ1v) is 7.16. The third-order valence-corrected chi connectivity index (χ3v) is 3.62. The van der Waals surface area contributed by atoms with Crippen molar-refractivity contribution >= 4 is 11.8 Å². The van der Waals surface area contributed by atoms with Crippen LogP contribution in [0, 0.1) is 5.82 Å². The lowest BCUT2D eigenvalue weighted by Crippen LogP contribution is -2.41. The summed E-state index contributed by atoms with van der Waals surface area (Å²) in [4.78, 5) is 1.50. The number of rotatable bonds is 4. The maximum atomic E-state index is 13.6. The Labute approximate surface area is 137 Å². The summed E-state index contributed by atoms with van der Waals surface area (Å²) in [7, 11) is 3.19. The molecule has 1 N–H and O–H groups in total. The molecule has 0 saturated carbocycles. The van der Waals surface area contributed by atoms with Crippen LogP contribution in [0.15, 0.2) is 54.6 Å². The SMILES string of the molecule is CN(C)c1ccccc1C(O)(C=Cc1ccc(F)cc1)C(F)(F)F. The van der Waals surface area contributed by atoms with Gasteiger partial charge in [-0.3, -0.25) is 0 Å². The lowest BCUT2D eigenvalue weighted by atomic mass is 9.90. The predicted molar refractivity (Wildman–Crippen MR) is 86.2 cm³/mol. The Morgan fingerprint density at radius 2 is 1.54 bits per heavy atom. The first-order valence-electron chi connectivity index (χ1n) is 7.16. The van der Waals surface area contributed by atoms with Gasteiger partial charge in [-0.05, 0) is 29.8 Å². The molecule has 2 aromatic rings. The van der Waals surface area contributed by atoms with Crippen LogP contribution in [-0.4, -0.2) is 25.4 Å². The number of nitrogens with zero attached hydrogens (tertiary/aromatic N) is 1. The minimum absolute atomic E-state index is 0.251. The van der Waals surface area contributed by atoms with E-state index in [2.05, 4.69) is 0 Å². The van der Waals surface area contributed by atoms with Crippen LogP contribution in [-0.2, 0) is 5.60 Å². The monoisotopic (exact) mass is 339 g/mol. The van der Waals surface area contributed by atoms with Gasteiger partial charge in [-0.1, -0.05) is 36.4 Å². The van der Waals surface area contributed by atoms with Gasteiger partial charge in [0.05, 0.1) is 0 Å². The van der Waals surface area contributed by atoms with Gasteiger partial charge in [0.2, 0.25) is 5.60 Å². The van der Waals surface area contributed by atoms with Crippen molar-refractivity contribution in [3.63, 3.8) is 0 Å². The van der Waals surface area contributed by atoms with Crippen LogP contribution in [0.25, 0.3) is 6.08 Å². The van der Waals surface area contributed by atoms with E-state index < -0.39 is 17.6 Å². The molecule has 0 aliphatic carbocycles. The summed E-state index contributed by atoms with van der Waals surface area (Å²) in [6.45, 7) is 0. The van der Waals surface area contributed by atoms with Gasteiger partial charge >= 0.3 is 6.18 Å². The first-order chi connectivity index (χ1) is 11.1. The quantitative estimate of drug-likeness (QED) is 0.837. The fraction of sp³-hybridized carbons (Fsp3) is 0.222. The van der Waals surface area contributed by atoms with Crippen LogP contribution in [0.4, 0.5) is 23.2 Å². The number of alkyl halides is 3. The minimum Gasteiger partial charge on any atom is -0.377 e. The molecular weight excluding hydrogens is 322 g/mol. The Morgan fingerprint density at radius 3 is 2.08 bits per heavy atom. The Morgan fingerprint density at radius 1 is 0.958 bits per heavy atom. The number of hydrogen-bond acceptors (Lipinski definition) is 2. The van der Waals surface area contributed by atoms with E-state index in [9.17, 15) is 22.7 Å². The van der Waals surface area contributed by atoms with Crippen LogP contribution >= 0.6 is 0 Å². The molecule has 128 valence electrons. The summed E-state index contributed by atoms with van der Waals surface area (Å²) >= 11 is 0. The van der Waals surface area contributed by atoms with E-state index in [0.717, 1.165) is 18.2 Å². The highest BCUT2D eigenvalue weighted by Crippen LogP contribution is 2.43. The van der Waals surface area contributed by atoms with Crippen molar-refractivity contribution < 1.29 is 22.7 Å². The molecule has 0 spiro atoms. The fourth-order valence-electron chi connectivity index (χ4n) is 2.31. The normalized spacial score (nSPS) is 14.6. The topological polar surface area (TPSA) is 23.5 Å². The second-order valence-corrected chi connectivity index (χ2v) is 5.56. The third kappa shape index (κ3) is 3.59. The van der Waals surface area contributed by atoms with Gasteiger partial charge in [-0.2, -0.15) is 13.2 Å². The zero-order valence-electron chi connectivity index (χ0n) is 13.2. The molecule has 0 saturated heterocycles. The molecule has 0 aromatic heterocycles.